The average molecular weight is 269 g/mol. The predicted octanol–water partition coefficient (Wildman–Crippen LogP) is 4.95. The molecule has 0 bridgehead atoms. The Morgan fingerprint density at radius 2 is 0.938 bits per heavy atom. The summed E-state index contributed by atoms with van der Waals surface area (Å²) in [6.45, 7) is 14.2. The number of Topliss-reactive ketones (excluding diaryl/α,β-unsaturated/α-hetero) is 1. The number of hydrogen-bond acceptors (Lipinski definition) is 1. The van der Waals surface area contributed by atoms with Gasteiger partial charge in [0.05, 0.1) is 0 Å². The molecule has 0 saturated carbocycles. The summed E-state index contributed by atoms with van der Waals surface area (Å²) in [6.07, 6.45) is 0. The molecule has 0 radical (unpaired) electrons. The molecule has 0 aliphatic rings. The minimum atomic E-state index is -0.222. The SMILES string of the molecule is CC(C)C(C)C(=O)C(C)C(C)C.CC(Cl)Cl. The summed E-state index contributed by atoms with van der Waals surface area (Å²) in [5.74, 6) is 1.78. The van der Waals surface area contributed by atoms with Crippen LogP contribution in [0.5, 0.6) is 0 Å². The van der Waals surface area contributed by atoms with Crippen molar-refractivity contribution in [2.75, 3.05) is 0 Å². The monoisotopic (exact) mass is 268 g/mol. The highest BCUT2D eigenvalue weighted by molar-refractivity contribution is 6.43. The summed E-state index contributed by atoms with van der Waals surface area (Å²) in [5.41, 5.74) is 0. The maximum atomic E-state index is 11.7. The zero-order valence-electron chi connectivity index (χ0n) is 11.6. The van der Waals surface area contributed by atoms with Crippen molar-refractivity contribution >= 4 is 29.0 Å². The number of carbonyl (C=O) groups is 1. The summed E-state index contributed by atoms with van der Waals surface area (Å²) >= 11 is 10.1. The van der Waals surface area contributed by atoms with E-state index in [9.17, 15) is 4.79 Å². The van der Waals surface area contributed by atoms with Crippen molar-refractivity contribution in [3.05, 3.63) is 0 Å². The van der Waals surface area contributed by atoms with Crippen molar-refractivity contribution in [3.8, 4) is 0 Å². The zero-order chi connectivity index (χ0) is 13.5. The fourth-order valence-electron chi connectivity index (χ4n) is 1.07. The van der Waals surface area contributed by atoms with Crippen LogP contribution in [0.15, 0.2) is 0 Å². The third-order valence-corrected chi connectivity index (χ3v) is 2.90. The Labute approximate surface area is 111 Å². The van der Waals surface area contributed by atoms with Crippen molar-refractivity contribution in [1.29, 1.82) is 0 Å². The van der Waals surface area contributed by atoms with Crippen LogP contribution >= 0.6 is 23.2 Å². The number of hydrogen-bond donors (Lipinski definition) is 0. The Morgan fingerprint density at radius 1 is 0.750 bits per heavy atom. The first kappa shape index (κ1) is 18.6. The normalized spacial score (nSPS) is 14.8. The number of alkyl halides is 2. The van der Waals surface area contributed by atoms with Gasteiger partial charge in [0.2, 0.25) is 0 Å². The lowest BCUT2D eigenvalue weighted by Crippen LogP contribution is -2.26. The van der Waals surface area contributed by atoms with Crippen molar-refractivity contribution < 1.29 is 4.79 Å². The largest absolute Gasteiger partial charge is 0.299 e. The smallest absolute Gasteiger partial charge is 0.138 e. The van der Waals surface area contributed by atoms with Crippen LogP contribution in [0, 0.1) is 23.7 Å². The molecule has 0 amide bonds. The van der Waals surface area contributed by atoms with E-state index in [1.54, 1.807) is 6.92 Å². The van der Waals surface area contributed by atoms with Gasteiger partial charge in [0.25, 0.3) is 0 Å². The van der Waals surface area contributed by atoms with E-state index in [1.165, 1.54) is 0 Å². The van der Waals surface area contributed by atoms with E-state index < -0.39 is 0 Å². The molecule has 0 saturated heterocycles. The molecule has 0 fully saturated rings. The van der Waals surface area contributed by atoms with Crippen LogP contribution in [0.1, 0.15) is 48.5 Å². The first-order chi connectivity index (χ1) is 7.11. The van der Waals surface area contributed by atoms with Crippen molar-refractivity contribution in [2.45, 2.75) is 53.3 Å². The second-order valence-electron chi connectivity index (χ2n) is 4.99. The molecule has 0 heterocycles. The lowest BCUT2D eigenvalue weighted by atomic mass is 9.82. The molecule has 0 N–H and O–H groups in total. The van der Waals surface area contributed by atoms with E-state index >= 15 is 0 Å². The molecule has 98 valence electrons. The van der Waals surface area contributed by atoms with Gasteiger partial charge >= 0.3 is 0 Å². The molecule has 0 rings (SSSR count). The van der Waals surface area contributed by atoms with Gasteiger partial charge in [-0.3, -0.25) is 4.79 Å². The zero-order valence-corrected chi connectivity index (χ0v) is 13.1. The highest BCUT2D eigenvalue weighted by Gasteiger charge is 2.24. The van der Waals surface area contributed by atoms with Gasteiger partial charge in [-0.05, 0) is 18.8 Å². The van der Waals surface area contributed by atoms with Gasteiger partial charge < -0.3 is 0 Å². The molecule has 3 heteroatoms. The molecule has 1 nitrogen and oxygen atoms in total. The van der Waals surface area contributed by atoms with Gasteiger partial charge in [-0.2, -0.15) is 0 Å². The van der Waals surface area contributed by atoms with Crippen molar-refractivity contribution in [3.63, 3.8) is 0 Å². The number of carbonyl (C=O) groups excluding carboxylic acids is 1. The minimum absolute atomic E-state index is 0.211. The van der Waals surface area contributed by atoms with Crippen LogP contribution in [-0.4, -0.2) is 10.6 Å². The molecule has 2 unspecified atom stereocenters. The third kappa shape index (κ3) is 9.47. The lowest BCUT2D eigenvalue weighted by molar-refractivity contribution is -0.128. The molecule has 0 spiro atoms. The number of rotatable bonds is 4. The summed E-state index contributed by atoms with van der Waals surface area (Å²) in [5, 5.41) is 0. The van der Waals surface area contributed by atoms with E-state index in [-0.39, 0.29) is 16.7 Å². The average Bonchev–Trinajstić information content (AvgIpc) is 2.13. The summed E-state index contributed by atoms with van der Waals surface area (Å²) < 4.78 is 0. The first-order valence-corrected chi connectivity index (χ1v) is 6.80. The first-order valence-electron chi connectivity index (χ1n) is 5.93. The van der Waals surface area contributed by atoms with Gasteiger partial charge in [0.1, 0.15) is 10.6 Å². The third-order valence-electron chi connectivity index (χ3n) is 2.90. The van der Waals surface area contributed by atoms with E-state index in [1.807, 2.05) is 13.8 Å². The lowest BCUT2D eigenvalue weighted by Gasteiger charge is -2.21. The predicted molar refractivity (Wildman–Crippen MR) is 74.2 cm³/mol. The van der Waals surface area contributed by atoms with Crippen molar-refractivity contribution in [1.82, 2.24) is 0 Å². The topological polar surface area (TPSA) is 17.1 Å². The Balaban J connectivity index is 0. The van der Waals surface area contributed by atoms with Gasteiger partial charge in [0, 0.05) is 11.8 Å². The molecule has 0 aromatic heterocycles. The molecule has 0 aliphatic heterocycles. The number of ketones is 1. The fraction of sp³-hybridized carbons (Fsp3) is 0.923. The fourth-order valence-corrected chi connectivity index (χ4v) is 1.07. The molecule has 0 aromatic rings. The molecule has 0 aromatic carbocycles. The standard InChI is InChI=1S/C11H22O.C2H4Cl2/c1-7(2)9(5)11(12)10(6)8(3)4;1-2(3)4/h7-10H,1-6H3;2H,1H3. The summed E-state index contributed by atoms with van der Waals surface area (Å²) in [7, 11) is 0. The van der Waals surface area contributed by atoms with Gasteiger partial charge in [-0.15, -0.1) is 23.2 Å². The molecular formula is C13H26Cl2O. The van der Waals surface area contributed by atoms with E-state index in [0.717, 1.165) is 0 Å². The maximum Gasteiger partial charge on any atom is 0.138 e. The summed E-state index contributed by atoms with van der Waals surface area (Å²) in [4.78, 5) is 11.5. The second kappa shape index (κ2) is 9.30. The van der Waals surface area contributed by atoms with Gasteiger partial charge in [-0.1, -0.05) is 41.5 Å². The summed E-state index contributed by atoms with van der Waals surface area (Å²) in [6, 6.07) is 0. The van der Waals surface area contributed by atoms with Gasteiger partial charge in [-0.25, -0.2) is 0 Å². The van der Waals surface area contributed by atoms with Crippen molar-refractivity contribution in [2.24, 2.45) is 23.7 Å². The van der Waals surface area contributed by atoms with Crippen LogP contribution in [0.3, 0.4) is 0 Å². The van der Waals surface area contributed by atoms with Crippen LogP contribution < -0.4 is 0 Å². The van der Waals surface area contributed by atoms with E-state index in [2.05, 4.69) is 27.7 Å². The van der Waals surface area contributed by atoms with Crippen LogP contribution in [-0.2, 0) is 4.79 Å². The van der Waals surface area contributed by atoms with E-state index in [4.69, 9.17) is 23.2 Å². The van der Waals surface area contributed by atoms with Crippen LogP contribution in [0.4, 0.5) is 0 Å². The Bertz CT molecular complexity index is 170. The minimum Gasteiger partial charge on any atom is -0.299 e. The Kier molecular flexibility index (Phi) is 10.8. The molecule has 2 atom stereocenters. The molecule has 0 aliphatic carbocycles. The second-order valence-corrected chi connectivity index (χ2v) is 6.52. The van der Waals surface area contributed by atoms with Gasteiger partial charge in [0.15, 0.2) is 0 Å². The highest BCUT2D eigenvalue weighted by Crippen LogP contribution is 2.20. The quantitative estimate of drug-likeness (QED) is 0.660. The van der Waals surface area contributed by atoms with Crippen LogP contribution in [0.2, 0.25) is 0 Å². The highest BCUT2D eigenvalue weighted by atomic mass is 35.5. The maximum absolute atomic E-state index is 11.7. The van der Waals surface area contributed by atoms with E-state index in [0.29, 0.717) is 17.6 Å². The Hall–Kier alpha value is 0.250. The Morgan fingerprint density at radius 3 is 1.06 bits per heavy atom. The number of halogens is 2. The molecular weight excluding hydrogens is 243 g/mol. The molecule has 16 heavy (non-hydrogen) atoms. The van der Waals surface area contributed by atoms with Crippen LogP contribution in [0.25, 0.3) is 0 Å².